The van der Waals surface area contributed by atoms with Gasteiger partial charge in [0.2, 0.25) is 0 Å². The first-order chi connectivity index (χ1) is 5.22. The average molecular weight is 156 g/mol. The maximum absolute atomic E-state index is 10.1. The van der Waals surface area contributed by atoms with Crippen LogP contribution >= 0.6 is 0 Å². The number of nitrogens with two attached hydrogens (primary N) is 1. The Bertz CT molecular complexity index is 170. The number of carbonyl (C=O) groups is 1. The molecule has 2 unspecified atom stereocenters. The lowest BCUT2D eigenvalue weighted by Gasteiger charge is -2.09. The van der Waals surface area contributed by atoms with Gasteiger partial charge in [-0.05, 0) is 6.42 Å². The summed E-state index contributed by atoms with van der Waals surface area (Å²) in [4.78, 5) is 10.1. The molecule has 1 aliphatic rings. The number of hydrogen-bond acceptors (Lipinski definition) is 3. The zero-order valence-electron chi connectivity index (χ0n) is 6.13. The van der Waals surface area contributed by atoms with Crippen molar-refractivity contribution in [3.8, 4) is 0 Å². The minimum absolute atomic E-state index is 0.127. The van der Waals surface area contributed by atoms with Crippen LogP contribution in [0.1, 0.15) is 6.42 Å². The van der Waals surface area contributed by atoms with Gasteiger partial charge in [0.15, 0.2) is 5.96 Å². The van der Waals surface area contributed by atoms with Gasteiger partial charge in [-0.2, -0.15) is 0 Å². The summed E-state index contributed by atoms with van der Waals surface area (Å²) in [6, 6.07) is -0.289. The second-order valence-corrected chi connectivity index (χ2v) is 2.63. The lowest BCUT2D eigenvalue weighted by atomic mass is 10.1. The molecule has 11 heavy (non-hydrogen) atoms. The Balaban J connectivity index is 2.27. The van der Waals surface area contributed by atoms with Crippen LogP contribution in [0, 0.1) is 5.41 Å². The summed E-state index contributed by atoms with van der Waals surface area (Å²) in [6.07, 6.45) is 1.31. The van der Waals surface area contributed by atoms with Crippen molar-refractivity contribution in [2.24, 2.45) is 5.73 Å². The lowest BCUT2D eigenvalue weighted by molar-refractivity contribution is -0.109. The van der Waals surface area contributed by atoms with E-state index in [1.807, 2.05) is 0 Å². The van der Waals surface area contributed by atoms with Gasteiger partial charge in [0, 0.05) is 12.6 Å². The average Bonchev–Trinajstić information content (AvgIpc) is 2.35. The van der Waals surface area contributed by atoms with Crippen LogP contribution in [0.4, 0.5) is 0 Å². The fourth-order valence-corrected chi connectivity index (χ4v) is 1.06. The van der Waals surface area contributed by atoms with Crippen LogP contribution in [0.25, 0.3) is 0 Å². The van der Waals surface area contributed by atoms with Crippen molar-refractivity contribution in [2.75, 3.05) is 6.54 Å². The minimum Gasteiger partial charge on any atom is -0.355 e. The molecule has 2 atom stereocenters. The highest BCUT2D eigenvalue weighted by Crippen LogP contribution is 1.97. The molecule has 1 saturated heterocycles. The first-order valence-corrected chi connectivity index (χ1v) is 3.52. The number of guanidine groups is 1. The van der Waals surface area contributed by atoms with Crippen molar-refractivity contribution in [3.63, 3.8) is 0 Å². The summed E-state index contributed by atoms with van der Waals surface area (Å²) >= 11 is 0. The monoisotopic (exact) mass is 156 g/mol. The maximum Gasteiger partial charge on any atom is 0.188 e. The molecule has 0 aromatic rings. The quantitative estimate of drug-likeness (QED) is 0.370. The van der Waals surface area contributed by atoms with Gasteiger partial charge in [0.25, 0.3) is 0 Å². The molecule has 5 heteroatoms. The summed E-state index contributed by atoms with van der Waals surface area (Å²) in [5.41, 5.74) is 5.39. The highest BCUT2D eigenvalue weighted by Gasteiger charge is 2.19. The number of aldehydes is 1. The third-order valence-corrected chi connectivity index (χ3v) is 1.61. The molecular weight excluding hydrogens is 144 g/mol. The Kier molecular flexibility index (Phi) is 2.43. The van der Waals surface area contributed by atoms with E-state index in [0.717, 1.165) is 6.29 Å². The van der Waals surface area contributed by atoms with E-state index in [4.69, 9.17) is 11.1 Å². The highest BCUT2D eigenvalue weighted by molar-refractivity contribution is 5.79. The fourth-order valence-electron chi connectivity index (χ4n) is 1.06. The number of hydrogen-bond donors (Lipinski definition) is 4. The maximum atomic E-state index is 10.1. The molecule has 1 aliphatic heterocycles. The third kappa shape index (κ3) is 2.19. The van der Waals surface area contributed by atoms with Gasteiger partial charge in [0.05, 0.1) is 6.04 Å². The van der Waals surface area contributed by atoms with Crippen molar-refractivity contribution >= 4 is 12.2 Å². The van der Waals surface area contributed by atoms with Crippen LogP contribution in [0.5, 0.6) is 0 Å². The Labute approximate surface area is 64.8 Å². The Hall–Kier alpha value is -1.10. The zero-order chi connectivity index (χ0) is 8.27. The molecule has 0 amide bonds. The van der Waals surface area contributed by atoms with E-state index in [-0.39, 0.29) is 6.04 Å². The van der Waals surface area contributed by atoms with Gasteiger partial charge in [-0.15, -0.1) is 0 Å². The second-order valence-electron chi connectivity index (χ2n) is 2.63. The van der Waals surface area contributed by atoms with E-state index in [9.17, 15) is 4.79 Å². The van der Waals surface area contributed by atoms with Crippen LogP contribution in [-0.4, -0.2) is 30.9 Å². The molecule has 0 bridgehead atoms. The van der Waals surface area contributed by atoms with E-state index in [1.54, 1.807) is 0 Å². The summed E-state index contributed by atoms with van der Waals surface area (Å²) in [6.45, 7) is 0.681. The Morgan fingerprint density at radius 3 is 3.09 bits per heavy atom. The Morgan fingerprint density at radius 2 is 2.64 bits per heavy atom. The molecule has 1 rings (SSSR count). The normalized spacial score (nSPS) is 25.5. The standard InChI is InChI=1S/C6H12N4O/c7-4(3-11)1-5-2-9-6(8)10-5/h3-5H,1-2,7H2,(H3,8,9,10). The molecule has 0 aromatic heterocycles. The zero-order valence-corrected chi connectivity index (χ0v) is 6.13. The van der Waals surface area contributed by atoms with E-state index >= 15 is 0 Å². The van der Waals surface area contributed by atoms with Gasteiger partial charge < -0.3 is 21.2 Å². The first-order valence-electron chi connectivity index (χ1n) is 3.52. The first kappa shape index (κ1) is 8.00. The fraction of sp³-hybridized carbons (Fsp3) is 0.667. The number of carbonyl (C=O) groups excluding carboxylic acids is 1. The van der Waals surface area contributed by atoms with Crippen LogP contribution in [0.3, 0.4) is 0 Å². The van der Waals surface area contributed by atoms with Crippen molar-refractivity contribution in [2.45, 2.75) is 18.5 Å². The van der Waals surface area contributed by atoms with Crippen molar-refractivity contribution in [3.05, 3.63) is 0 Å². The van der Waals surface area contributed by atoms with Crippen molar-refractivity contribution < 1.29 is 4.79 Å². The van der Waals surface area contributed by atoms with E-state index < -0.39 is 6.04 Å². The molecule has 0 saturated carbocycles. The number of nitrogens with one attached hydrogen (secondary N) is 3. The van der Waals surface area contributed by atoms with E-state index in [2.05, 4.69) is 10.6 Å². The molecule has 62 valence electrons. The smallest absolute Gasteiger partial charge is 0.188 e. The summed E-state index contributed by atoms with van der Waals surface area (Å²) in [5, 5.41) is 12.8. The van der Waals surface area contributed by atoms with Crippen LogP contribution in [0.2, 0.25) is 0 Å². The molecule has 0 aromatic carbocycles. The minimum atomic E-state index is -0.416. The van der Waals surface area contributed by atoms with Crippen molar-refractivity contribution in [1.82, 2.24) is 10.6 Å². The molecule has 0 aliphatic carbocycles. The third-order valence-electron chi connectivity index (χ3n) is 1.61. The van der Waals surface area contributed by atoms with Gasteiger partial charge in [-0.3, -0.25) is 5.41 Å². The second kappa shape index (κ2) is 3.34. The molecule has 0 radical (unpaired) electrons. The summed E-state index contributed by atoms with van der Waals surface area (Å²) < 4.78 is 0. The number of rotatable bonds is 3. The molecule has 1 heterocycles. The molecule has 0 spiro atoms. The summed E-state index contributed by atoms with van der Waals surface area (Å²) in [5.74, 6) is 0.313. The van der Waals surface area contributed by atoms with Gasteiger partial charge in [-0.1, -0.05) is 0 Å². The molecule has 5 nitrogen and oxygen atoms in total. The highest BCUT2D eigenvalue weighted by atomic mass is 16.1. The Morgan fingerprint density at radius 1 is 1.91 bits per heavy atom. The topological polar surface area (TPSA) is 91.0 Å². The predicted molar refractivity (Wildman–Crippen MR) is 41.3 cm³/mol. The van der Waals surface area contributed by atoms with Crippen LogP contribution < -0.4 is 16.4 Å². The van der Waals surface area contributed by atoms with Crippen LogP contribution in [0.15, 0.2) is 0 Å². The largest absolute Gasteiger partial charge is 0.355 e. The van der Waals surface area contributed by atoms with Crippen LogP contribution in [-0.2, 0) is 4.79 Å². The lowest BCUT2D eigenvalue weighted by Crippen LogP contribution is -2.35. The predicted octanol–water partition coefficient (Wildman–Crippen LogP) is -1.60. The molecule has 5 N–H and O–H groups in total. The molecule has 1 fully saturated rings. The molecular formula is C6H12N4O. The van der Waals surface area contributed by atoms with Gasteiger partial charge in [0.1, 0.15) is 6.29 Å². The van der Waals surface area contributed by atoms with Gasteiger partial charge in [-0.25, -0.2) is 0 Å². The summed E-state index contributed by atoms with van der Waals surface area (Å²) in [7, 11) is 0. The van der Waals surface area contributed by atoms with Gasteiger partial charge >= 0.3 is 0 Å². The van der Waals surface area contributed by atoms with E-state index in [0.29, 0.717) is 18.9 Å². The van der Waals surface area contributed by atoms with E-state index in [1.165, 1.54) is 0 Å². The van der Waals surface area contributed by atoms with Crippen molar-refractivity contribution in [1.29, 1.82) is 5.41 Å². The SMILES string of the molecule is N=C1NCC(CC(N)C=O)N1.